The zero-order valence-electron chi connectivity index (χ0n) is 23.6. The van der Waals surface area contributed by atoms with Gasteiger partial charge in [-0.05, 0) is 50.3 Å². The van der Waals surface area contributed by atoms with E-state index in [1.807, 2.05) is 0 Å². The van der Waals surface area contributed by atoms with E-state index < -0.39 is 53.3 Å². The van der Waals surface area contributed by atoms with Gasteiger partial charge in [-0.15, -0.1) is 0 Å². The maximum atomic E-state index is 13.5. The number of esters is 1. The summed E-state index contributed by atoms with van der Waals surface area (Å²) in [5, 5.41) is 9.12. The van der Waals surface area contributed by atoms with Crippen molar-refractivity contribution in [1.82, 2.24) is 15.8 Å². The molecule has 1 aromatic carbocycles. The maximum absolute atomic E-state index is 13.5. The Morgan fingerprint density at radius 3 is 2.37 bits per heavy atom. The van der Waals surface area contributed by atoms with Gasteiger partial charge >= 0.3 is 5.97 Å². The average Bonchev–Trinajstić information content (AvgIpc) is 3.35. The van der Waals surface area contributed by atoms with E-state index in [1.165, 1.54) is 36.4 Å². The van der Waals surface area contributed by atoms with Crippen LogP contribution >= 0.6 is 0 Å². The van der Waals surface area contributed by atoms with E-state index in [4.69, 9.17) is 15.0 Å². The minimum Gasteiger partial charge on any atom is -0.463 e. The summed E-state index contributed by atoms with van der Waals surface area (Å²) in [5.74, 6) is -4.00. The molecule has 11 nitrogen and oxygen atoms in total. The number of ether oxygens (including phenoxy) is 1. The molecule has 0 saturated heterocycles. The number of aromatic nitrogens is 1. The second-order valence-corrected chi connectivity index (χ2v) is 9.95. The van der Waals surface area contributed by atoms with Crippen LogP contribution in [0, 0.1) is 24.6 Å². The summed E-state index contributed by atoms with van der Waals surface area (Å²) >= 11 is 0. The number of nitrogens with zero attached hydrogens (tertiary/aromatic N) is 1. The van der Waals surface area contributed by atoms with Gasteiger partial charge in [0.05, 0.1) is 12.6 Å². The predicted octanol–water partition coefficient (Wildman–Crippen LogP) is 2.56. The molecule has 222 valence electrons. The molecule has 0 bridgehead atoms. The number of benzene rings is 1. The fraction of sp³-hybridized carbons (Fsp3) is 0.448. The lowest BCUT2D eigenvalue weighted by Gasteiger charge is -2.25. The Labute approximate surface area is 238 Å². The van der Waals surface area contributed by atoms with Crippen molar-refractivity contribution >= 4 is 29.5 Å². The first-order valence-electron chi connectivity index (χ1n) is 13.3. The summed E-state index contributed by atoms with van der Waals surface area (Å²) in [5.41, 5.74) is 5.90. The van der Waals surface area contributed by atoms with E-state index in [0.29, 0.717) is 11.3 Å². The number of nitrogens with two attached hydrogens (primary N) is 1. The predicted molar refractivity (Wildman–Crippen MR) is 147 cm³/mol. The number of ketones is 1. The Balaban J connectivity index is 2.28. The molecule has 2 aromatic rings. The lowest BCUT2D eigenvalue weighted by atomic mass is 9.88. The van der Waals surface area contributed by atoms with Gasteiger partial charge in [0.1, 0.15) is 11.6 Å². The van der Waals surface area contributed by atoms with Crippen molar-refractivity contribution in [2.75, 3.05) is 6.61 Å². The minimum absolute atomic E-state index is 0.0206. The van der Waals surface area contributed by atoms with Gasteiger partial charge < -0.3 is 25.6 Å². The Hall–Kier alpha value is -4.35. The lowest BCUT2D eigenvalue weighted by Crippen LogP contribution is -2.47. The molecule has 0 aliphatic carbocycles. The van der Waals surface area contributed by atoms with E-state index in [-0.39, 0.29) is 43.9 Å². The molecular weight excluding hydrogens is 535 g/mol. The van der Waals surface area contributed by atoms with Crippen molar-refractivity contribution in [3.05, 3.63) is 65.3 Å². The number of amides is 3. The topological polar surface area (TPSA) is 171 Å². The smallest absolute Gasteiger partial charge is 0.330 e. The molecule has 3 atom stereocenters. The number of halogens is 1. The number of hydrogen-bond acceptors (Lipinski definition) is 8. The third-order valence-electron chi connectivity index (χ3n) is 6.16. The van der Waals surface area contributed by atoms with Crippen molar-refractivity contribution in [2.45, 2.75) is 65.5 Å². The first-order valence-corrected chi connectivity index (χ1v) is 13.3. The Morgan fingerprint density at radius 2 is 1.80 bits per heavy atom. The second kappa shape index (κ2) is 16.0. The van der Waals surface area contributed by atoms with Crippen LogP contribution in [0.5, 0.6) is 0 Å². The van der Waals surface area contributed by atoms with Gasteiger partial charge in [-0.3, -0.25) is 19.2 Å². The van der Waals surface area contributed by atoms with Crippen LogP contribution in [0.4, 0.5) is 4.39 Å². The lowest BCUT2D eigenvalue weighted by molar-refractivity contribution is -0.137. The number of aryl methyl sites for hydroxylation is 1. The number of Topliss-reactive ketones (excluding diaryl/α,β-unsaturated/α-hetero) is 1. The van der Waals surface area contributed by atoms with Gasteiger partial charge in [-0.25, -0.2) is 9.18 Å². The van der Waals surface area contributed by atoms with Crippen molar-refractivity contribution in [3.8, 4) is 0 Å². The monoisotopic (exact) mass is 572 g/mol. The summed E-state index contributed by atoms with van der Waals surface area (Å²) in [4.78, 5) is 62.9. The molecule has 0 spiro atoms. The number of nitrogens with one attached hydrogen (secondary N) is 2. The van der Waals surface area contributed by atoms with Crippen LogP contribution in [0.3, 0.4) is 0 Å². The van der Waals surface area contributed by atoms with E-state index in [1.54, 1.807) is 27.7 Å². The normalized spacial score (nSPS) is 13.4. The number of rotatable bonds is 16. The molecule has 1 heterocycles. The highest BCUT2D eigenvalue weighted by Gasteiger charge is 2.31. The number of carbonyl (C=O) groups is 5. The molecule has 0 aliphatic heterocycles. The highest BCUT2D eigenvalue weighted by molar-refractivity contribution is 5.97. The molecule has 3 unspecified atom stereocenters. The van der Waals surface area contributed by atoms with E-state index >= 15 is 0 Å². The van der Waals surface area contributed by atoms with Crippen LogP contribution in [0.2, 0.25) is 0 Å². The van der Waals surface area contributed by atoms with Crippen molar-refractivity contribution in [1.29, 1.82) is 0 Å². The molecule has 3 amide bonds. The van der Waals surface area contributed by atoms with Crippen LogP contribution in [0.15, 0.2) is 47.0 Å². The zero-order valence-corrected chi connectivity index (χ0v) is 23.6. The van der Waals surface area contributed by atoms with E-state index in [2.05, 4.69) is 15.8 Å². The SMILES string of the molecule is CCOC(=O)C=CC(CCC(N)=O)NC(=O)C(CC(=O)C(NC(=O)c1cc(C)on1)C(C)C)Cc1ccc(F)cc1. The number of primary amides is 1. The fourth-order valence-corrected chi connectivity index (χ4v) is 4.04. The van der Waals surface area contributed by atoms with Crippen LogP contribution in [0.25, 0.3) is 0 Å². The van der Waals surface area contributed by atoms with E-state index in [9.17, 15) is 28.4 Å². The van der Waals surface area contributed by atoms with E-state index in [0.717, 1.165) is 6.08 Å². The van der Waals surface area contributed by atoms with Gasteiger partial charge in [0.2, 0.25) is 11.8 Å². The molecule has 0 radical (unpaired) electrons. The third kappa shape index (κ3) is 11.3. The molecule has 2 rings (SSSR count). The van der Waals surface area contributed by atoms with Crippen LogP contribution in [0.1, 0.15) is 61.8 Å². The number of hydrogen-bond donors (Lipinski definition) is 3. The van der Waals surface area contributed by atoms with Crippen LogP contribution in [-0.4, -0.2) is 53.3 Å². The summed E-state index contributed by atoms with van der Waals surface area (Å²) in [7, 11) is 0. The Kier molecular flexibility index (Phi) is 12.9. The standard InChI is InChI=1S/C29H37FN4O7/c1-5-40-26(37)13-11-22(10-12-25(31)36)32-28(38)20(15-19-6-8-21(30)9-7-19)16-24(35)27(17(2)3)33-29(39)23-14-18(4)41-34-23/h6-9,11,13-14,17,20,22,27H,5,10,12,15-16H2,1-4H3,(H2,31,36)(H,32,38)(H,33,39). The van der Waals surface area contributed by atoms with Gasteiger partial charge in [0, 0.05) is 36.9 Å². The molecule has 4 N–H and O–H groups in total. The third-order valence-corrected chi connectivity index (χ3v) is 6.16. The fourth-order valence-electron chi connectivity index (χ4n) is 4.04. The Bertz CT molecular complexity index is 1240. The van der Waals surface area contributed by atoms with Crippen molar-refractivity contribution < 1.29 is 37.6 Å². The quantitative estimate of drug-likeness (QED) is 0.203. The second-order valence-electron chi connectivity index (χ2n) is 9.95. The Morgan fingerprint density at radius 1 is 1.12 bits per heavy atom. The highest BCUT2D eigenvalue weighted by atomic mass is 19.1. The molecule has 0 aliphatic rings. The van der Waals surface area contributed by atoms with Gasteiger partial charge in [-0.2, -0.15) is 0 Å². The maximum Gasteiger partial charge on any atom is 0.330 e. The van der Waals surface area contributed by atoms with Crippen LogP contribution in [-0.2, 0) is 30.3 Å². The summed E-state index contributed by atoms with van der Waals surface area (Å²) in [6.45, 7) is 6.95. The summed E-state index contributed by atoms with van der Waals surface area (Å²) in [6.07, 6.45) is 2.41. The molecule has 0 fully saturated rings. The van der Waals surface area contributed by atoms with Gasteiger partial charge in [0.15, 0.2) is 11.5 Å². The summed E-state index contributed by atoms with van der Waals surface area (Å²) in [6, 6.07) is 5.28. The highest BCUT2D eigenvalue weighted by Crippen LogP contribution is 2.18. The molecule has 1 aromatic heterocycles. The van der Waals surface area contributed by atoms with Gasteiger partial charge in [-0.1, -0.05) is 37.2 Å². The molecular formula is C29H37FN4O7. The van der Waals surface area contributed by atoms with Crippen molar-refractivity contribution in [3.63, 3.8) is 0 Å². The number of carbonyl (C=O) groups excluding carboxylic acids is 5. The first kappa shape index (κ1) is 32.9. The summed E-state index contributed by atoms with van der Waals surface area (Å²) < 4.78 is 23.3. The minimum atomic E-state index is -0.933. The molecule has 12 heteroatoms. The molecule has 41 heavy (non-hydrogen) atoms. The molecule has 0 saturated carbocycles. The first-order chi connectivity index (χ1) is 19.4. The zero-order chi connectivity index (χ0) is 30.5. The largest absolute Gasteiger partial charge is 0.463 e. The van der Waals surface area contributed by atoms with Crippen molar-refractivity contribution in [2.24, 2.45) is 17.6 Å². The van der Waals surface area contributed by atoms with Gasteiger partial charge in [0.25, 0.3) is 5.91 Å². The average molecular weight is 573 g/mol. The van der Waals surface area contributed by atoms with Crippen LogP contribution < -0.4 is 16.4 Å².